The van der Waals surface area contributed by atoms with Gasteiger partial charge in [0.05, 0.1) is 29.9 Å². The van der Waals surface area contributed by atoms with Crippen LogP contribution in [0.15, 0.2) is 34.4 Å². The van der Waals surface area contributed by atoms with Crippen LogP contribution in [-0.4, -0.2) is 42.6 Å². The van der Waals surface area contributed by atoms with Gasteiger partial charge in [-0.1, -0.05) is 0 Å². The maximum absolute atomic E-state index is 12.8. The number of nitrogens with one attached hydrogen (secondary N) is 1. The molecule has 1 fully saturated rings. The molecule has 1 aromatic heterocycles. The van der Waals surface area contributed by atoms with Crippen LogP contribution in [0.25, 0.3) is 6.08 Å². The Bertz CT molecular complexity index is 1070. The summed E-state index contributed by atoms with van der Waals surface area (Å²) in [5.74, 6) is 0.303. The van der Waals surface area contributed by atoms with Crippen molar-refractivity contribution in [3.8, 4) is 11.5 Å². The highest BCUT2D eigenvalue weighted by Gasteiger charge is 2.34. The largest absolute Gasteiger partial charge is 0.490 e. The highest BCUT2D eigenvalue weighted by atomic mass is 127. The van der Waals surface area contributed by atoms with Crippen LogP contribution in [0.5, 0.6) is 11.5 Å². The third-order valence-corrected chi connectivity index (χ3v) is 5.12. The summed E-state index contributed by atoms with van der Waals surface area (Å²) in [6.45, 7) is 6.05. The van der Waals surface area contributed by atoms with Crippen molar-refractivity contribution >= 4 is 46.6 Å². The second-order valence-electron chi connectivity index (χ2n) is 7.07. The predicted molar refractivity (Wildman–Crippen MR) is 123 cm³/mol. The van der Waals surface area contributed by atoms with Crippen molar-refractivity contribution in [2.45, 2.75) is 33.4 Å². The lowest BCUT2D eigenvalue weighted by Gasteiger charge is -2.17. The highest BCUT2D eigenvalue weighted by molar-refractivity contribution is 14.1. The normalized spacial score (nSPS) is 14.8. The van der Waals surface area contributed by atoms with Gasteiger partial charge >= 0.3 is 12.0 Å². The molecule has 1 saturated heterocycles. The molecule has 0 atom stereocenters. The van der Waals surface area contributed by atoms with E-state index in [0.29, 0.717) is 23.7 Å². The van der Waals surface area contributed by atoms with Gasteiger partial charge in [-0.15, -0.1) is 0 Å². The zero-order chi connectivity index (χ0) is 23.4. The molecule has 1 aromatic carbocycles. The summed E-state index contributed by atoms with van der Waals surface area (Å²) in [4.78, 5) is 37.7. The van der Waals surface area contributed by atoms with Crippen molar-refractivity contribution in [1.82, 2.24) is 10.2 Å². The molecule has 3 amide bonds. The Balaban J connectivity index is 1.83. The summed E-state index contributed by atoms with van der Waals surface area (Å²) in [5, 5.41) is 2.57. The summed E-state index contributed by atoms with van der Waals surface area (Å²) in [7, 11) is 1.23. The standard InChI is InChI=1S/C22H23IN2O7/c1-5-30-18-10-13(8-15(23)19(18)31-12(2)3)9-16-20(26)25(22(28)24-16)11-14-6-7-17(32-14)21(27)29-4/h6-10,12H,5,11H2,1-4H3,(H,24,28)/b16-9-. The first-order valence-electron chi connectivity index (χ1n) is 9.88. The van der Waals surface area contributed by atoms with Gasteiger partial charge in [-0.3, -0.25) is 9.69 Å². The average Bonchev–Trinajstić information content (AvgIpc) is 3.30. The van der Waals surface area contributed by atoms with E-state index in [1.54, 1.807) is 12.1 Å². The van der Waals surface area contributed by atoms with E-state index < -0.39 is 17.9 Å². The first-order valence-corrected chi connectivity index (χ1v) is 11.0. The van der Waals surface area contributed by atoms with Crippen molar-refractivity contribution in [2.24, 2.45) is 0 Å². The van der Waals surface area contributed by atoms with E-state index in [1.807, 2.05) is 26.8 Å². The second kappa shape index (κ2) is 10.1. The van der Waals surface area contributed by atoms with Gasteiger partial charge in [0.2, 0.25) is 5.76 Å². The van der Waals surface area contributed by atoms with Crippen LogP contribution in [0.1, 0.15) is 42.6 Å². The van der Waals surface area contributed by atoms with E-state index in [4.69, 9.17) is 13.9 Å². The van der Waals surface area contributed by atoms with Crippen LogP contribution in [0.2, 0.25) is 0 Å². The molecule has 3 rings (SSSR count). The van der Waals surface area contributed by atoms with Crippen LogP contribution in [0, 0.1) is 3.57 Å². The number of imide groups is 1. The Hall–Kier alpha value is -3.02. The minimum atomic E-state index is -0.640. The number of hydrogen-bond donors (Lipinski definition) is 1. The molecule has 1 aliphatic rings. The van der Waals surface area contributed by atoms with Crippen LogP contribution in [-0.2, 0) is 16.1 Å². The van der Waals surface area contributed by atoms with E-state index in [1.165, 1.54) is 19.2 Å². The molecule has 0 saturated carbocycles. The fourth-order valence-corrected chi connectivity index (χ4v) is 3.75. The number of urea groups is 1. The van der Waals surface area contributed by atoms with Gasteiger partial charge in [-0.2, -0.15) is 0 Å². The van der Waals surface area contributed by atoms with E-state index in [2.05, 4.69) is 32.6 Å². The average molecular weight is 554 g/mol. The Kier molecular flexibility index (Phi) is 7.44. The number of ether oxygens (including phenoxy) is 3. The first-order chi connectivity index (χ1) is 15.2. The summed E-state index contributed by atoms with van der Waals surface area (Å²) in [5.41, 5.74) is 0.788. The predicted octanol–water partition coefficient (Wildman–Crippen LogP) is 3.95. The lowest BCUT2D eigenvalue weighted by atomic mass is 10.1. The molecule has 2 heterocycles. The van der Waals surface area contributed by atoms with Gasteiger partial charge in [0.15, 0.2) is 11.5 Å². The van der Waals surface area contributed by atoms with Crippen molar-refractivity contribution < 1.29 is 33.0 Å². The molecule has 170 valence electrons. The fourth-order valence-electron chi connectivity index (χ4n) is 3.00. The number of carbonyl (C=O) groups excluding carboxylic acids is 3. The van der Waals surface area contributed by atoms with E-state index in [0.717, 1.165) is 8.47 Å². The summed E-state index contributed by atoms with van der Waals surface area (Å²) < 4.78 is 22.3. The van der Waals surface area contributed by atoms with Gasteiger partial charge in [-0.05, 0) is 79.3 Å². The SMILES string of the molecule is CCOc1cc(/C=C2\NC(=O)N(Cc3ccc(C(=O)OC)o3)C2=O)cc(I)c1OC(C)C. The van der Waals surface area contributed by atoms with Gasteiger partial charge < -0.3 is 23.9 Å². The van der Waals surface area contributed by atoms with Crippen LogP contribution >= 0.6 is 22.6 Å². The third-order valence-electron chi connectivity index (χ3n) is 4.32. The second-order valence-corrected chi connectivity index (χ2v) is 8.23. The number of rotatable bonds is 8. The lowest BCUT2D eigenvalue weighted by molar-refractivity contribution is -0.123. The van der Waals surface area contributed by atoms with E-state index >= 15 is 0 Å². The van der Waals surface area contributed by atoms with Crippen molar-refractivity contribution in [3.63, 3.8) is 0 Å². The molecule has 32 heavy (non-hydrogen) atoms. The molecule has 0 spiro atoms. The molecule has 0 aliphatic carbocycles. The minimum absolute atomic E-state index is 0.00736. The molecule has 0 unspecified atom stereocenters. The quantitative estimate of drug-likeness (QED) is 0.228. The lowest BCUT2D eigenvalue weighted by Crippen LogP contribution is -2.30. The molecule has 2 aromatic rings. The molecule has 1 aliphatic heterocycles. The summed E-state index contributed by atoms with van der Waals surface area (Å²) in [6.07, 6.45) is 1.55. The number of benzene rings is 1. The summed E-state index contributed by atoms with van der Waals surface area (Å²) in [6, 6.07) is 5.95. The molecule has 10 heteroatoms. The monoisotopic (exact) mass is 554 g/mol. The van der Waals surface area contributed by atoms with E-state index in [-0.39, 0.29) is 29.9 Å². The topological polar surface area (TPSA) is 107 Å². The van der Waals surface area contributed by atoms with Crippen molar-refractivity contribution in [2.75, 3.05) is 13.7 Å². The number of methoxy groups -OCH3 is 1. The number of esters is 1. The number of carbonyl (C=O) groups is 3. The highest BCUT2D eigenvalue weighted by Crippen LogP contribution is 2.36. The molecule has 9 nitrogen and oxygen atoms in total. The first kappa shape index (κ1) is 23.6. The fraction of sp³-hybridized carbons (Fsp3) is 0.318. The molecular formula is C22H23IN2O7. The van der Waals surface area contributed by atoms with Crippen molar-refractivity contribution in [1.29, 1.82) is 0 Å². The Morgan fingerprint density at radius 1 is 1.28 bits per heavy atom. The van der Waals surface area contributed by atoms with Crippen LogP contribution < -0.4 is 14.8 Å². The number of amides is 3. The number of furan rings is 1. The maximum Gasteiger partial charge on any atom is 0.373 e. The Labute approximate surface area is 198 Å². The summed E-state index contributed by atoms with van der Waals surface area (Å²) >= 11 is 2.14. The Morgan fingerprint density at radius 3 is 2.69 bits per heavy atom. The van der Waals surface area contributed by atoms with Crippen LogP contribution in [0.4, 0.5) is 4.79 Å². The van der Waals surface area contributed by atoms with Gasteiger partial charge in [-0.25, -0.2) is 9.59 Å². The maximum atomic E-state index is 12.8. The number of nitrogens with zero attached hydrogens (tertiary/aromatic N) is 1. The van der Waals surface area contributed by atoms with E-state index in [9.17, 15) is 14.4 Å². The van der Waals surface area contributed by atoms with Gasteiger partial charge in [0, 0.05) is 0 Å². The van der Waals surface area contributed by atoms with Crippen molar-refractivity contribution in [3.05, 3.63) is 50.6 Å². The molecule has 0 radical (unpaired) electrons. The molecule has 1 N–H and O–H groups in total. The third kappa shape index (κ3) is 5.23. The zero-order valence-electron chi connectivity index (χ0n) is 18.1. The van der Waals surface area contributed by atoms with Gasteiger partial charge in [0.1, 0.15) is 11.5 Å². The Morgan fingerprint density at radius 2 is 2.03 bits per heavy atom. The molecular weight excluding hydrogens is 531 g/mol. The smallest absolute Gasteiger partial charge is 0.373 e. The minimum Gasteiger partial charge on any atom is -0.490 e. The molecule has 0 bridgehead atoms. The van der Waals surface area contributed by atoms with Crippen LogP contribution in [0.3, 0.4) is 0 Å². The number of hydrogen-bond acceptors (Lipinski definition) is 7. The van der Waals surface area contributed by atoms with Gasteiger partial charge in [0.25, 0.3) is 5.91 Å². The number of halogens is 1. The zero-order valence-corrected chi connectivity index (χ0v) is 20.2.